The summed E-state index contributed by atoms with van der Waals surface area (Å²) in [5.74, 6) is -0.384. The molecule has 1 N–H and O–H groups in total. The van der Waals surface area contributed by atoms with Gasteiger partial charge in [0.1, 0.15) is 0 Å². The third-order valence-corrected chi connectivity index (χ3v) is 2.80. The topological polar surface area (TPSA) is 67.9 Å². The number of carbonyl (C=O) groups excluding carboxylic acids is 2. The van der Waals surface area contributed by atoms with Crippen molar-refractivity contribution in [2.24, 2.45) is 0 Å². The van der Waals surface area contributed by atoms with Crippen molar-refractivity contribution in [1.29, 1.82) is 0 Å². The maximum absolute atomic E-state index is 11.9. The quantitative estimate of drug-likeness (QED) is 0.462. The Hall–Kier alpha value is -1.14. The van der Waals surface area contributed by atoms with Gasteiger partial charge in [-0.15, -0.1) is 0 Å². The molecule has 1 atom stereocenters. The first-order valence-electron chi connectivity index (χ1n) is 6.73. The zero-order chi connectivity index (χ0) is 14.7. The number of hydrogen-bond donors (Lipinski definition) is 1. The summed E-state index contributed by atoms with van der Waals surface area (Å²) in [7, 11) is 1.63. The Bertz CT molecular complexity index is 271. The molecule has 0 saturated heterocycles. The van der Waals surface area contributed by atoms with Crippen molar-refractivity contribution >= 4 is 11.9 Å². The first-order valence-corrected chi connectivity index (χ1v) is 6.73. The number of carbonyl (C=O) groups is 2. The van der Waals surface area contributed by atoms with Crippen LogP contribution >= 0.6 is 0 Å². The molecule has 6 nitrogen and oxygen atoms in total. The van der Waals surface area contributed by atoms with Gasteiger partial charge in [0, 0.05) is 20.3 Å². The van der Waals surface area contributed by atoms with E-state index in [4.69, 9.17) is 9.47 Å². The van der Waals surface area contributed by atoms with E-state index in [2.05, 4.69) is 5.32 Å². The van der Waals surface area contributed by atoms with Crippen LogP contribution in [0.3, 0.4) is 0 Å². The van der Waals surface area contributed by atoms with Crippen molar-refractivity contribution in [1.82, 2.24) is 10.2 Å². The van der Waals surface area contributed by atoms with Gasteiger partial charge in [-0.1, -0.05) is 6.92 Å². The molecule has 0 fully saturated rings. The van der Waals surface area contributed by atoms with Crippen LogP contribution in [0, 0.1) is 0 Å². The molecule has 0 saturated carbocycles. The van der Waals surface area contributed by atoms with Gasteiger partial charge in [-0.05, 0) is 26.8 Å². The Labute approximate surface area is 115 Å². The monoisotopic (exact) mass is 274 g/mol. The highest BCUT2D eigenvalue weighted by atomic mass is 16.5. The second kappa shape index (κ2) is 10.8. The van der Waals surface area contributed by atoms with E-state index in [1.807, 2.05) is 6.92 Å². The van der Waals surface area contributed by atoms with Gasteiger partial charge in [0.15, 0.2) is 0 Å². The summed E-state index contributed by atoms with van der Waals surface area (Å²) < 4.78 is 9.80. The van der Waals surface area contributed by atoms with E-state index >= 15 is 0 Å². The molecule has 0 aromatic heterocycles. The van der Waals surface area contributed by atoms with Gasteiger partial charge in [0.25, 0.3) is 0 Å². The van der Waals surface area contributed by atoms with E-state index in [9.17, 15) is 9.59 Å². The summed E-state index contributed by atoms with van der Waals surface area (Å²) in [6.07, 6.45) is 0.777. The number of ether oxygens (including phenoxy) is 2. The molecule has 0 rings (SSSR count). The van der Waals surface area contributed by atoms with Crippen LogP contribution in [0.2, 0.25) is 0 Å². The molecule has 0 bridgehead atoms. The fourth-order valence-corrected chi connectivity index (χ4v) is 1.64. The lowest BCUT2D eigenvalue weighted by atomic mass is 10.2. The Morgan fingerprint density at radius 1 is 1.32 bits per heavy atom. The highest BCUT2D eigenvalue weighted by Gasteiger charge is 2.22. The Morgan fingerprint density at radius 3 is 2.53 bits per heavy atom. The molecule has 0 aliphatic carbocycles. The average Bonchev–Trinajstić information content (AvgIpc) is 2.40. The van der Waals surface area contributed by atoms with Gasteiger partial charge in [0.05, 0.1) is 19.2 Å². The average molecular weight is 274 g/mol. The first kappa shape index (κ1) is 17.9. The fraction of sp³-hybridized carbons (Fsp3) is 0.846. The molecule has 6 heteroatoms. The Balaban J connectivity index is 4.13. The minimum Gasteiger partial charge on any atom is -0.465 e. The third-order valence-electron chi connectivity index (χ3n) is 2.80. The zero-order valence-electron chi connectivity index (χ0n) is 12.4. The molecule has 112 valence electrons. The maximum Gasteiger partial charge on any atom is 0.320 e. The minimum atomic E-state index is -0.350. The largest absolute Gasteiger partial charge is 0.465 e. The molecule has 1 unspecified atom stereocenters. The van der Waals surface area contributed by atoms with E-state index < -0.39 is 0 Å². The molecule has 0 radical (unpaired) electrons. The van der Waals surface area contributed by atoms with Gasteiger partial charge >= 0.3 is 5.97 Å². The summed E-state index contributed by atoms with van der Waals surface area (Å²) >= 11 is 0. The van der Waals surface area contributed by atoms with E-state index in [1.165, 1.54) is 0 Å². The van der Waals surface area contributed by atoms with Crippen molar-refractivity contribution in [2.75, 3.05) is 40.0 Å². The normalized spacial score (nSPS) is 12.3. The lowest BCUT2D eigenvalue weighted by Gasteiger charge is -2.25. The number of rotatable bonds is 10. The zero-order valence-corrected chi connectivity index (χ0v) is 12.4. The molecular formula is C13H26N2O4. The van der Waals surface area contributed by atoms with Crippen molar-refractivity contribution < 1.29 is 19.1 Å². The van der Waals surface area contributed by atoms with Gasteiger partial charge in [0.2, 0.25) is 5.91 Å². The van der Waals surface area contributed by atoms with Crippen molar-refractivity contribution in [3.05, 3.63) is 0 Å². The van der Waals surface area contributed by atoms with Gasteiger partial charge in [-0.2, -0.15) is 0 Å². The summed E-state index contributed by atoms with van der Waals surface area (Å²) in [6, 6.07) is -0.350. The molecule has 0 spiro atoms. The van der Waals surface area contributed by atoms with Crippen LogP contribution in [-0.2, 0) is 19.1 Å². The van der Waals surface area contributed by atoms with Crippen LogP contribution in [-0.4, -0.2) is 62.8 Å². The molecule has 0 aliphatic rings. The smallest absolute Gasteiger partial charge is 0.320 e. The van der Waals surface area contributed by atoms with Gasteiger partial charge < -0.3 is 14.8 Å². The number of amides is 1. The fourth-order valence-electron chi connectivity index (χ4n) is 1.64. The minimum absolute atomic E-state index is 0.0812. The SMILES string of the molecule is CCOC(=O)CN(CC)C(C)C(=O)NCCCOC. The third kappa shape index (κ3) is 7.79. The van der Waals surface area contributed by atoms with Crippen LogP contribution in [0.15, 0.2) is 0 Å². The predicted molar refractivity (Wildman–Crippen MR) is 72.8 cm³/mol. The predicted octanol–water partition coefficient (Wildman–Crippen LogP) is 0.413. The number of nitrogens with zero attached hydrogens (tertiary/aromatic N) is 1. The summed E-state index contributed by atoms with van der Waals surface area (Å²) in [5.41, 5.74) is 0. The van der Waals surface area contributed by atoms with Gasteiger partial charge in [-0.25, -0.2) is 0 Å². The first-order chi connectivity index (χ1) is 9.06. The molecule has 0 heterocycles. The lowest BCUT2D eigenvalue weighted by molar-refractivity contribution is -0.145. The number of likely N-dealkylation sites (N-methyl/N-ethyl adjacent to an activating group) is 1. The molecule has 19 heavy (non-hydrogen) atoms. The molecule has 1 amide bonds. The highest BCUT2D eigenvalue weighted by Crippen LogP contribution is 2.00. The number of nitrogens with one attached hydrogen (secondary N) is 1. The standard InChI is InChI=1S/C13H26N2O4/c1-5-15(10-12(16)19-6-2)11(3)13(17)14-8-7-9-18-4/h11H,5-10H2,1-4H3,(H,14,17). The second-order valence-corrected chi connectivity index (χ2v) is 4.18. The van der Waals surface area contributed by atoms with Crippen molar-refractivity contribution in [3.63, 3.8) is 0 Å². The highest BCUT2D eigenvalue weighted by molar-refractivity contribution is 5.82. The summed E-state index contributed by atoms with van der Waals surface area (Å²) in [4.78, 5) is 25.1. The Morgan fingerprint density at radius 2 is 2.00 bits per heavy atom. The van der Waals surface area contributed by atoms with Gasteiger partial charge in [-0.3, -0.25) is 14.5 Å². The van der Waals surface area contributed by atoms with Crippen molar-refractivity contribution in [3.8, 4) is 0 Å². The molecule has 0 aromatic carbocycles. The van der Waals surface area contributed by atoms with Crippen LogP contribution in [0.25, 0.3) is 0 Å². The van der Waals surface area contributed by atoms with Crippen LogP contribution in [0.1, 0.15) is 27.2 Å². The van der Waals surface area contributed by atoms with Crippen LogP contribution < -0.4 is 5.32 Å². The van der Waals surface area contributed by atoms with E-state index in [-0.39, 0.29) is 24.5 Å². The molecule has 0 aromatic rings. The van der Waals surface area contributed by atoms with Crippen molar-refractivity contribution in [2.45, 2.75) is 33.2 Å². The lowest BCUT2D eigenvalue weighted by Crippen LogP contribution is -2.47. The second-order valence-electron chi connectivity index (χ2n) is 4.18. The Kier molecular flexibility index (Phi) is 10.1. The van der Waals surface area contributed by atoms with Crippen LogP contribution in [0.4, 0.5) is 0 Å². The maximum atomic E-state index is 11.9. The number of esters is 1. The molecule has 0 aliphatic heterocycles. The van der Waals surface area contributed by atoms with E-state index in [0.717, 1.165) is 6.42 Å². The summed E-state index contributed by atoms with van der Waals surface area (Å²) in [6.45, 7) is 7.77. The van der Waals surface area contributed by atoms with E-state index in [1.54, 1.807) is 25.9 Å². The molecular weight excluding hydrogens is 248 g/mol. The summed E-state index contributed by atoms with van der Waals surface area (Å²) in [5, 5.41) is 2.82. The number of hydrogen-bond acceptors (Lipinski definition) is 5. The van der Waals surface area contributed by atoms with Crippen LogP contribution in [0.5, 0.6) is 0 Å². The van der Waals surface area contributed by atoms with E-state index in [0.29, 0.717) is 26.3 Å². The number of methoxy groups -OCH3 is 1.